The first-order valence-corrected chi connectivity index (χ1v) is 7.80. The van der Waals surface area contributed by atoms with Crippen LogP contribution in [0.25, 0.3) is 11.0 Å². The van der Waals surface area contributed by atoms with E-state index in [2.05, 4.69) is 35.2 Å². The third-order valence-corrected chi connectivity index (χ3v) is 4.08. The highest BCUT2D eigenvalue weighted by Gasteiger charge is 2.12. The molecule has 116 valence electrons. The zero-order chi connectivity index (χ0) is 16.2. The SMILES string of the molecule is CC[C@@H](C)c1ccccc1NC(=O)c1ccc2nccnc2c1. The van der Waals surface area contributed by atoms with Gasteiger partial charge < -0.3 is 5.32 Å². The summed E-state index contributed by atoms with van der Waals surface area (Å²) in [6.45, 7) is 4.31. The number of nitrogens with zero attached hydrogens (tertiary/aromatic N) is 2. The molecule has 1 aromatic heterocycles. The Morgan fingerprint density at radius 2 is 1.83 bits per heavy atom. The van der Waals surface area contributed by atoms with Gasteiger partial charge >= 0.3 is 0 Å². The van der Waals surface area contributed by atoms with Gasteiger partial charge in [-0.3, -0.25) is 14.8 Å². The first-order chi connectivity index (χ1) is 11.2. The molecule has 1 N–H and O–H groups in total. The highest BCUT2D eigenvalue weighted by Crippen LogP contribution is 2.27. The summed E-state index contributed by atoms with van der Waals surface area (Å²) < 4.78 is 0. The van der Waals surface area contributed by atoms with Crippen LogP contribution in [0.4, 0.5) is 5.69 Å². The van der Waals surface area contributed by atoms with Crippen LogP contribution in [-0.2, 0) is 0 Å². The summed E-state index contributed by atoms with van der Waals surface area (Å²) in [6.07, 6.45) is 4.30. The van der Waals surface area contributed by atoms with Gasteiger partial charge in [0.15, 0.2) is 0 Å². The molecule has 4 heteroatoms. The molecule has 3 rings (SSSR count). The standard InChI is InChI=1S/C19H19N3O/c1-3-13(2)15-6-4-5-7-16(15)22-19(23)14-8-9-17-18(12-14)21-11-10-20-17/h4-13H,3H2,1-2H3,(H,22,23)/t13-/m1/s1. The first kappa shape index (κ1) is 15.2. The normalized spacial score (nSPS) is 12.1. The van der Waals surface area contributed by atoms with Crippen LogP contribution >= 0.6 is 0 Å². The average molecular weight is 305 g/mol. The van der Waals surface area contributed by atoms with E-state index < -0.39 is 0 Å². The van der Waals surface area contributed by atoms with E-state index in [1.807, 2.05) is 24.3 Å². The monoisotopic (exact) mass is 305 g/mol. The summed E-state index contributed by atoms with van der Waals surface area (Å²) in [7, 11) is 0. The Labute approximate surface area is 135 Å². The van der Waals surface area contributed by atoms with E-state index in [-0.39, 0.29) is 5.91 Å². The maximum Gasteiger partial charge on any atom is 0.255 e. The lowest BCUT2D eigenvalue weighted by Crippen LogP contribution is -2.14. The van der Waals surface area contributed by atoms with Crippen molar-refractivity contribution >= 4 is 22.6 Å². The minimum absolute atomic E-state index is 0.131. The number of para-hydroxylation sites is 1. The van der Waals surface area contributed by atoms with E-state index in [1.165, 1.54) is 0 Å². The van der Waals surface area contributed by atoms with Crippen LogP contribution in [0.2, 0.25) is 0 Å². The van der Waals surface area contributed by atoms with E-state index in [9.17, 15) is 4.79 Å². The lowest BCUT2D eigenvalue weighted by Gasteiger charge is -2.15. The number of hydrogen-bond donors (Lipinski definition) is 1. The number of nitrogens with one attached hydrogen (secondary N) is 1. The van der Waals surface area contributed by atoms with E-state index in [1.54, 1.807) is 24.5 Å². The quantitative estimate of drug-likeness (QED) is 0.777. The van der Waals surface area contributed by atoms with Gasteiger partial charge in [0.1, 0.15) is 0 Å². The van der Waals surface area contributed by atoms with Crippen molar-refractivity contribution in [3.63, 3.8) is 0 Å². The van der Waals surface area contributed by atoms with E-state index >= 15 is 0 Å². The van der Waals surface area contributed by atoms with Gasteiger partial charge in [-0.05, 0) is 42.2 Å². The fourth-order valence-electron chi connectivity index (χ4n) is 2.56. The Bertz CT molecular complexity index is 845. The topological polar surface area (TPSA) is 54.9 Å². The third-order valence-electron chi connectivity index (χ3n) is 4.08. The molecule has 23 heavy (non-hydrogen) atoms. The number of fused-ring (bicyclic) bond motifs is 1. The molecule has 1 amide bonds. The van der Waals surface area contributed by atoms with Crippen LogP contribution in [-0.4, -0.2) is 15.9 Å². The van der Waals surface area contributed by atoms with Crippen LogP contribution in [0.5, 0.6) is 0 Å². The van der Waals surface area contributed by atoms with Crippen LogP contribution in [0.3, 0.4) is 0 Å². The molecular weight excluding hydrogens is 286 g/mol. The second-order valence-electron chi connectivity index (χ2n) is 5.61. The van der Waals surface area contributed by atoms with Crippen molar-refractivity contribution in [2.75, 3.05) is 5.32 Å². The van der Waals surface area contributed by atoms with Gasteiger partial charge in [-0.2, -0.15) is 0 Å². The minimum Gasteiger partial charge on any atom is -0.322 e. The molecule has 0 aliphatic carbocycles. The fourth-order valence-corrected chi connectivity index (χ4v) is 2.56. The van der Waals surface area contributed by atoms with Crippen molar-refractivity contribution in [1.29, 1.82) is 0 Å². The van der Waals surface area contributed by atoms with Gasteiger partial charge in [0, 0.05) is 23.6 Å². The third kappa shape index (κ3) is 3.21. The smallest absolute Gasteiger partial charge is 0.255 e. The number of carbonyl (C=O) groups excluding carboxylic acids is 1. The van der Waals surface area contributed by atoms with Crippen LogP contribution < -0.4 is 5.32 Å². The van der Waals surface area contributed by atoms with E-state index in [4.69, 9.17) is 0 Å². The van der Waals surface area contributed by atoms with Crippen molar-refractivity contribution in [1.82, 2.24) is 9.97 Å². The number of hydrogen-bond acceptors (Lipinski definition) is 3. The maximum absolute atomic E-state index is 12.6. The molecule has 0 saturated carbocycles. The van der Waals surface area contributed by atoms with E-state index in [0.717, 1.165) is 28.7 Å². The van der Waals surface area contributed by atoms with Gasteiger partial charge in [-0.25, -0.2) is 0 Å². The van der Waals surface area contributed by atoms with Gasteiger partial charge in [0.25, 0.3) is 5.91 Å². The number of carbonyl (C=O) groups is 1. The summed E-state index contributed by atoms with van der Waals surface area (Å²) >= 11 is 0. The van der Waals surface area contributed by atoms with Crippen molar-refractivity contribution in [3.05, 3.63) is 66.0 Å². The number of amides is 1. The lowest BCUT2D eigenvalue weighted by molar-refractivity contribution is 0.102. The molecule has 2 aromatic carbocycles. The van der Waals surface area contributed by atoms with Gasteiger partial charge in [0.05, 0.1) is 11.0 Å². The Kier molecular flexibility index (Phi) is 4.33. The highest BCUT2D eigenvalue weighted by atomic mass is 16.1. The Morgan fingerprint density at radius 3 is 2.61 bits per heavy atom. The largest absolute Gasteiger partial charge is 0.322 e. The number of aromatic nitrogens is 2. The first-order valence-electron chi connectivity index (χ1n) is 7.80. The van der Waals surface area contributed by atoms with Crippen molar-refractivity contribution in [2.24, 2.45) is 0 Å². The summed E-state index contributed by atoms with van der Waals surface area (Å²) in [6, 6.07) is 13.3. The fraction of sp³-hybridized carbons (Fsp3) is 0.211. The van der Waals surface area contributed by atoms with Gasteiger partial charge in [0.2, 0.25) is 0 Å². The minimum atomic E-state index is -0.131. The predicted octanol–water partition coefficient (Wildman–Crippen LogP) is 4.40. The van der Waals surface area contributed by atoms with Crippen LogP contribution in [0, 0.1) is 0 Å². The molecule has 0 bridgehead atoms. The van der Waals surface area contributed by atoms with Gasteiger partial charge in [-0.15, -0.1) is 0 Å². The molecule has 3 aromatic rings. The second-order valence-corrected chi connectivity index (χ2v) is 5.61. The molecule has 0 aliphatic rings. The Hall–Kier alpha value is -2.75. The number of anilines is 1. The number of rotatable bonds is 4. The molecule has 4 nitrogen and oxygen atoms in total. The molecule has 0 spiro atoms. The highest BCUT2D eigenvalue weighted by molar-refractivity contribution is 6.06. The molecule has 0 fully saturated rings. The van der Waals surface area contributed by atoms with Gasteiger partial charge in [-0.1, -0.05) is 32.0 Å². The van der Waals surface area contributed by atoms with Crippen LogP contribution in [0.15, 0.2) is 54.9 Å². The zero-order valence-corrected chi connectivity index (χ0v) is 13.3. The van der Waals surface area contributed by atoms with Crippen molar-refractivity contribution < 1.29 is 4.79 Å². The Morgan fingerprint density at radius 1 is 1.09 bits per heavy atom. The molecule has 0 saturated heterocycles. The molecule has 1 heterocycles. The summed E-state index contributed by atoms with van der Waals surface area (Å²) in [5.74, 6) is 0.266. The van der Waals surface area contributed by atoms with Crippen LogP contribution in [0.1, 0.15) is 42.1 Å². The maximum atomic E-state index is 12.6. The number of benzene rings is 2. The molecule has 1 atom stereocenters. The predicted molar refractivity (Wildman–Crippen MR) is 92.6 cm³/mol. The Balaban J connectivity index is 1.89. The average Bonchev–Trinajstić information content (AvgIpc) is 2.61. The molecular formula is C19H19N3O. The molecule has 0 radical (unpaired) electrons. The molecule has 0 aliphatic heterocycles. The second kappa shape index (κ2) is 6.57. The van der Waals surface area contributed by atoms with E-state index in [0.29, 0.717) is 11.5 Å². The van der Waals surface area contributed by atoms with Crippen molar-refractivity contribution in [2.45, 2.75) is 26.2 Å². The molecule has 0 unspecified atom stereocenters. The zero-order valence-electron chi connectivity index (χ0n) is 13.3. The van der Waals surface area contributed by atoms with Crippen molar-refractivity contribution in [3.8, 4) is 0 Å². The summed E-state index contributed by atoms with van der Waals surface area (Å²) in [5.41, 5.74) is 4.10. The lowest BCUT2D eigenvalue weighted by atomic mass is 9.97. The summed E-state index contributed by atoms with van der Waals surface area (Å²) in [4.78, 5) is 21.0. The summed E-state index contributed by atoms with van der Waals surface area (Å²) in [5, 5.41) is 3.02.